The number of urea groups is 1. The van der Waals surface area contributed by atoms with Gasteiger partial charge in [-0.1, -0.05) is 0 Å². The number of hydroxylamine groups is 1. The number of nitrogens with one attached hydrogen (secondary N) is 1. The highest BCUT2D eigenvalue weighted by Gasteiger charge is 2.08. The molecule has 0 saturated heterocycles. The molecule has 0 aliphatic heterocycles. The highest BCUT2D eigenvalue weighted by Crippen LogP contribution is 2.06. The summed E-state index contributed by atoms with van der Waals surface area (Å²) in [7, 11) is 0. The zero-order chi connectivity index (χ0) is 10.6. The topological polar surface area (TPSA) is 91.7 Å². The SMILES string of the molecule is Cc1ccc(CCN(N)C(=O)NO)o1. The molecule has 0 bridgehead atoms. The molecule has 2 amide bonds. The molecule has 0 saturated carbocycles. The first-order valence-electron chi connectivity index (χ1n) is 4.15. The van der Waals surface area contributed by atoms with Gasteiger partial charge in [0.1, 0.15) is 11.5 Å². The van der Waals surface area contributed by atoms with Gasteiger partial charge in [-0.2, -0.15) is 0 Å². The molecule has 1 rings (SSSR count). The van der Waals surface area contributed by atoms with Crippen LogP contribution in [0.4, 0.5) is 4.79 Å². The van der Waals surface area contributed by atoms with Crippen LogP contribution in [0, 0.1) is 6.92 Å². The van der Waals surface area contributed by atoms with E-state index < -0.39 is 6.03 Å². The van der Waals surface area contributed by atoms with Crippen molar-refractivity contribution in [3.05, 3.63) is 23.7 Å². The predicted molar refractivity (Wildman–Crippen MR) is 48.4 cm³/mol. The minimum absolute atomic E-state index is 0.277. The molecule has 0 aliphatic rings. The largest absolute Gasteiger partial charge is 0.466 e. The van der Waals surface area contributed by atoms with Crippen LogP contribution in [-0.4, -0.2) is 22.8 Å². The number of carbonyl (C=O) groups excluding carboxylic acids is 1. The Bertz CT molecular complexity index is 311. The zero-order valence-corrected chi connectivity index (χ0v) is 7.86. The summed E-state index contributed by atoms with van der Waals surface area (Å²) in [6.45, 7) is 2.11. The quantitative estimate of drug-likeness (QED) is 0.284. The van der Waals surface area contributed by atoms with Gasteiger partial charge in [-0.15, -0.1) is 0 Å². The van der Waals surface area contributed by atoms with Crippen LogP contribution in [0.1, 0.15) is 11.5 Å². The van der Waals surface area contributed by atoms with E-state index in [-0.39, 0.29) is 6.54 Å². The number of hydrogen-bond acceptors (Lipinski definition) is 4. The summed E-state index contributed by atoms with van der Waals surface area (Å²) >= 11 is 0. The Morgan fingerprint density at radius 1 is 1.71 bits per heavy atom. The lowest BCUT2D eigenvalue weighted by Gasteiger charge is -2.13. The second kappa shape index (κ2) is 4.64. The third kappa shape index (κ3) is 2.75. The average Bonchev–Trinajstić information content (AvgIpc) is 2.59. The van der Waals surface area contributed by atoms with Crippen LogP contribution in [-0.2, 0) is 6.42 Å². The fraction of sp³-hybridized carbons (Fsp3) is 0.375. The average molecular weight is 199 g/mol. The monoisotopic (exact) mass is 199 g/mol. The van der Waals surface area contributed by atoms with E-state index in [0.29, 0.717) is 6.42 Å². The minimum Gasteiger partial charge on any atom is -0.466 e. The second-order valence-electron chi connectivity index (χ2n) is 2.87. The van der Waals surface area contributed by atoms with Gasteiger partial charge in [0.25, 0.3) is 0 Å². The molecule has 6 nitrogen and oxygen atoms in total. The van der Waals surface area contributed by atoms with E-state index in [0.717, 1.165) is 16.5 Å². The van der Waals surface area contributed by atoms with Crippen molar-refractivity contribution in [1.29, 1.82) is 0 Å². The van der Waals surface area contributed by atoms with E-state index in [1.807, 2.05) is 19.1 Å². The van der Waals surface area contributed by atoms with E-state index in [2.05, 4.69) is 0 Å². The Balaban J connectivity index is 2.37. The fourth-order valence-corrected chi connectivity index (χ4v) is 1.02. The van der Waals surface area contributed by atoms with Gasteiger partial charge < -0.3 is 4.42 Å². The first kappa shape index (κ1) is 10.6. The molecule has 6 heteroatoms. The summed E-state index contributed by atoms with van der Waals surface area (Å²) in [5, 5.41) is 9.13. The van der Waals surface area contributed by atoms with Crippen LogP contribution < -0.4 is 11.3 Å². The summed E-state index contributed by atoms with van der Waals surface area (Å²) in [4.78, 5) is 10.7. The Kier molecular flexibility index (Phi) is 3.49. The van der Waals surface area contributed by atoms with Gasteiger partial charge in [-0.05, 0) is 19.1 Å². The third-order valence-corrected chi connectivity index (χ3v) is 1.75. The van der Waals surface area contributed by atoms with Crippen molar-refractivity contribution in [3.63, 3.8) is 0 Å². The van der Waals surface area contributed by atoms with Gasteiger partial charge in [0, 0.05) is 13.0 Å². The van der Waals surface area contributed by atoms with E-state index in [9.17, 15) is 4.79 Å². The molecule has 0 atom stereocenters. The van der Waals surface area contributed by atoms with E-state index in [4.69, 9.17) is 15.5 Å². The van der Waals surface area contributed by atoms with Gasteiger partial charge >= 0.3 is 6.03 Å². The van der Waals surface area contributed by atoms with Crippen LogP contribution in [0.15, 0.2) is 16.5 Å². The summed E-state index contributed by atoms with van der Waals surface area (Å²) < 4.78 is 5.27. The number of hydrogen-bond donors (Lipinski definition) is 3. The van der Waals surface area contributed by atoms with Crippen molar-refractivity contribution < 1.29 is 14.4 Å². The maximum atomic E-state index is 10.7. The van der Waals surface area contributed by atoms with Gasteiger partial charge in [-0.3, -0.25) is 10.2 Å². The second-order valence-corrected chi connectivity index (χ2v) is 2.87. The van der Waals surface area contributed by atoms with Gasteiger partial charge in [-0.25, -0.2) is 16.1 Å². The van der Waals surface area contributed by atoms with Crippen molar-refractivity contribution in [2.75, 3.05) is 6.54 Å². The summed E-state index contributed by atoms with van der Waals surface area (Å²) in [5.74, 6) is 6.87. The number of carbonyl (C=O) groups is 1. The summed E-state index contributed by atoms with van der Waals surface area (Å²) in [6.07, 6.45) is 0.512. The van der Waals surface area contributed by atoms with Crippen molar-refractivity contribution >= 4 is 6.03 Å². The van der Waals surface area contributed by atoms with Gasteiger partial charge in [0.05, 0.1) is 0 Å². The summed E-state index contributed by atoms with van der Waals surface area (Å²) in [6, 6.07) is 2.91. The molecule has 78 valence electrons. The van der Waals surface area contributed by atoms with Crippen LogP contribution >= 0.6 is 0 Å². The highest BCUT2D eigenvalue weighted by molar-refractivity contribution is 5.71. The molecule has 4 N–H and O–H groups in total. The molecule has 1 heterocycles. The number of rotatable bonds is 3. The normalized spacial score (nSPS) is 9.93. The first-order chi connectivity index (χ1) is 6.63. The van der Waals surface area contributed by atoms with E-state index in [1.54, 1.807) is 0 Å². The molecule has 1 aromatic rings. The molecule has 14 heavy (non-hydrogen) atoms. The molecule has 0 unspecified atom stereocenters. The number of hydrazine groups is 1. The van der Waals surface area contributed by atoms with Crippen LogP contribution in [0.3, 0.4) is 0 Å². The van der Waals surface area contributed by atoms with Crippen molar-refractivity contribution in [1.82, 2.24) is 10.5 Å². The van der Waals surface area contributed by atoms with Crippen molar-refractivity contribution in [2.24, 2.45) is 5.84 Å². The molecule has 0 aliphatic carbocycles. The smallest absolute Gasteiger partial charge is 0.355 e. The fourth-order valence-electron chi connectivity index (χ4n) is 1.02. The number of furan rings is 1. The van der Waals surface area contributed by atoms with E-state index >= 15 is 0 Å². The lowest BCUT2D eigenvalue weighted by molar-refractivity contribution is 0.129. The Hall–Kier alpha value is -1.53. The highest BCUT2D eigenvalue weighted by atomic mass is 16.5. The minimum atomic E-state index is -0.742. The number of nitrogens with two attached hydrogens (primary N) is 1. The molecule has 1 aromatic heterocycles. The Labute approximate surface area is 81.2 Å². The van der Waals surface area contributed by atoms with Gasteiger partial charge in [0.15, 0.2) is 0 Å². The first-order valence-corrected chi connectivity index (χ1v) is 4.15. The van der Waals surface area contributed by atoms with Crippen LogP contribution in [0.25, 0.3) is 0 Å². The predicted octanol–water partition coefficient (Wildman–Crippen LogP) is 0.405. The zero-order valence-electron chi connectivity index (χ0n) is 7.86. The van der Waals surface area contributed by atoms with E-state index in [1.165, 1.54) is 5.48 Å². The number of nitrogens with zero attached hydrogens (tertiary/aromatic N) is 1. The summed E-state index contributed by atoms with van der Waals surface area (Å²) in [5.41, 5.74) is 1.44. The molecule has 0 radical (unpaired) electrons. The van der Waals surface area contributed by atoms with Crippen LogP contribution in [0.2, 0.25) is 0 Å². The lowest BCUT2D eigenvalue weighted by Crippen LogP contribution is -2.44. The number of amides is 2. The Morgan fingerprint density at radius 3 is 2.93 bits per heavy atom. The maximum absolute atomic E-state index is 10.7. The lowest BCUT2D eigenvalue weighted by atomic mass is 10.3. The standard InChI is InChI=1S/C8H13N3O3/c1-6-2-3-7(14-6)4-5-11(9)8(12)10-13/h2-3,13H,4-5,9H2,1H3,(H,10,12). The maximum Gasteiger partial charge on any atom is 0.355 e. The van der Waals surface area contributed by atoms with Crippen LogP contribution in [0.5, 0.6) is 0 Å². The number of aryl methyl sites for hydroxylation is 1. The van der Waals surface area contributed by atoms with Crippen molar-refractivity contribution in [3.8, 4) is 0 Å². The molecule has 0 fully saturated rings. The van der Waals surface area contributed by atoms with Crippen molar-refractivity contribution in [2.45, 2.75) is 13.3 Å². The molecule has 0 spiro atoms. The molecule has 0 aromatic carbocycles. The Morgan fingerprint density at radius 2 is 2.43 bits per heavy atom. The molecular formula is C8H13N3O3. The molecular weight excluding hydrogens is 186 g/mol. The third-order valence-electron chi connectivity index (χ3n) is 1.75. The van der Waals surface area contributed by atoms with Gasteiger partial charge in [0.2, 0.25) is 0 Å².